The summed E-state index contributed by atoms with van der Waals surface area (Å²) in [7, 11) is 0. The van der Waals surface area contributed by atoms with Gasteiger partial charge in [0, 0.05) is 0 Å². The number of hydrogen-bond donors (Lipinski definition) is 0. The van der Waals surface area contributed by atoms with Gasteiger partial charge in [-0.3, -0.25) is 4.79 Å². The molecule has 0 aromatic heterocycles. The molecule has 1 unspecified atom stereocenters. The molecule has 0 fully saturated rings. The van der Waals surface area contributed by atoms with Crippen molar-refractivity contribution >= 4 is 5.97 Å². The summed E-state index contributed by atoms with van der Waals surface area (Å²) >= 11 is 0. The van der Waals surface area contributed by atoms with Crippen molar-refractivity contribution in [3.8, 4) is 0 Å². The largest absolute Gasteiger partial charge is 0.465 e. The molecule has 2 nitrogen and oxygen atoms in total. The van der Waals surface area contributed by atoms with E-state index >= 15 is 0 Å². The normalized spacial score (nSPS) is 12.4. The van der Waals surface area contributed by atoms with E-state index in [1.165, 1.54) is 44.9 Å². The molecule has 18 heavy (non-hydrogen) atoms. The maximum atomic E-state index is 11.5. The standard InChI is InChI=1S/C16H32O2/c1-4-6-7-8-9-10-11-12-13-15(3)16(17)18-14-5-2/h15H,4-14H2,1-3H3. The minimum Gasteiger partial charge on any atom is -0.465 e. The molecule has 0 N–H and O–H groups in total. The predicted molar refractivity (Wildman–Crippen MR) is 77.6 cm³/mol. The summed E-state index contributed by atoms with van der Waals surface area (Å²) in [6.45, 7) is 6.83. The van der Waals surface area contributed by atoms with Gasteiger partial charge >= 0.3 is 5.97 Å². The van der Waals surface area contributed by atoms with Crippen LogP contribution in [0.2, 0.25) is 0 Å². The van der Waals surface area contributed by atoms with E-state index in [1.807, 2.05) is 13.8 Å². The van der Waals surface area contributed by atoms with Crippen molar-refractivity contribution in [1.29, 1.82) is 0 Å². The Balaban J connectivity index is 3.29. The summed E-state index contributed by atoms with van der Waals surface area (Å²) < 4.78 is 5.14. The highest BCUT2D eigenvalue weighted by molar-refractivity contribution is 5.71. The number of hydrogen-bond acceptors (Lipinski definition) is 2. The van der Waals surface area contributed by atoms with Crippen molar-refractivity contribution in [2.45, 2.75) is 85.0 Å². The lowest BCUT2D eigenvalue weighted by Crippen LogP contribution is -2.15. The number of esters is 1. The zero-order chi connectivity index (χ0) is 13.6. The molecule has 0 aromatic rings. The molecule has 0 aliphatic heterocycles. The Bertz CT molecular complexity index is 190. The fourth-order valence-corrected chi connectivity index (χ4v) is 2.05. The fraction of sp³-hybridized carbons (Fsp3) is 0.938. The fourth-order valence-electron chi connectivity index (χ4n) is 2.05. The second-order valence-corrected chi connectivity index (χ2v) is 5.33. The highest BCUT2D eigenvalue weighted by atomic mass is 16.5. The molecule has 0 heterocycles. The summed E-state index contributed by atoms with van der Waals surface area (Å²) in [4.78, 5) is 11.5. The molecule has 0 aromatic carbocycles. The summed E-state index contributed by atoms with van der Waals surface area (Å²) in [5, 5.41) is 0. The second kappa shape index (κ2) is 12.9. The van der Waals surface area contributed by atoms with Crippen LogP contribution in [0.25, 0.3) is 0 Å². The molecule has 1 atom stereocenters. The molecule has 0 bridgehead atoms. The Kier molecular flexibility index (Phi) is 12.5. The lowest BCUT2D eigenvalue weighted by Gasteiger charge is -2.10. The van der Waals surface area contributed by atoms with Crippen molar-refractivity contribution in [3.05, 3.63) is 0 Å². The third-order valence-corrected chi connectivity index (χ3v) is 3.34. The van der Waals surface area contributed by atoms with Gasteiger partial charge in [-0.25, -0.2) is 0 Å². The highest BCUT2D eigenvalue weighted by Gasteiger charge is 2.13. The van der Waals surface area contributed by atoms with Crippen LogP contribution in [-0.4, -0.2) is 12.6 Å². The Labute approximate surface area is 113 Å². The summed E-state index contributed by atoms with van der Waals surface area (Å²) in [5.74, 6) is 0.0661. The van der Waals surface area contributed by atoms with Crippen molar-refractivity contribution in [2.75, 3.05) is 6.61 Å². The highest BCUT2D eigenvalue weighted by Crippen LogP contribution is 2.14. The van der Waals surface area contributed by atoms with Gasteiger partial charge in [0.15, 0.2) is 0 Å². The molecule has 0 rings (SSSR count). The van der Waals surface area contributed by atoms with Crippen molar-refractivity contribution in [1.82, 2.24) is 0 Å². The van der Waals surface area contributed by atoms with Crippen LogP contribution >= 0.6 is 0 Å². The van der Waals surface area contributed by atoms with Gasteiger partial charge in [-0.15, -0.1) is 0 Å². The van der Waals surface area contributed by atoms with E-state index in [9.17, 15) is 4.79 Å². The Hall–Kier alpha value is -0.530. The van der Waals surface area contributed by atoms with Crippen LogP contribution in [-0.2, 0) is 9.53 Å². The summed E-state index contributed by atoms with van der Waals surface area (Å²) in [6, 6.07) is 0. The minimum atomic E-state index is -0.0141. The molecule has 0 radical (unpaired) electrons. The van der Waals surface area contributed by atoms with Gasteiger partial charge in [-0.2, -0.15) is 0 Å². The van der Waals surface area contributed by atoms with E-state index in [2.05, 4.69) is 6.92 Å². The molecule has 0 amide bonds. The number of carbonyl (C=O) groups excluding carboxylic acids is 1. The molecule has 0 aliphatic rings. The first-order valence-electron chi connectivity index (χ1n) is 7.89. The van der Waals surface area contributed by atoms with Gasteiger partial charge in [0.1, 0.15) is 0 Å². The van der Waals surface area contributed by atoms with Crippen molar-refractivity contribution in [2.24, 2.45) is 5.92 Å². The van der Waals surface area contributed by atoms with Crippen molar-refractivity contribution in [3.63, 3.8) is 0 Å². The van der Waals surface area contributed by atoms with Gasteiger partial charge in [-0.05, 0) is 12.8 Å². The molecular weight excluding hydrogens is 224 g/mol. The number of carbonyl (C=O) groups is 1. The molecule has 108 valence electrons. The zero-order valence-electron chi connectivity index (χ0n) is 12.7. The van der Waals surface area contributed by atoms with Crippen LogP contribution in [0.1, 0.15) is 85.0 Å². The van der Waals surface area contributed by atoms with Crippen LogP contribution in [0.5, 0.6) is 0 Å². The molecule has 0 saturated heterocycles. The van der Waals surface area contributed by atoms with Gasteiger partial charge in [0.05, 0.1) is 12.5 Å². The first-order chi connectivity index (χ1) is 8.72. The molecule has 0 aliphatic carbocycles. The first-order valence-corrected chi connectivity index (χ1v) is 7.89. The molecular formula is C16H32O2. The average molecular weight is 256 g/mol. The maximum absolute atomic E-state index is 11.5. The Morgan fingerprint density at radius 1 is 0.889 bits per heavy atom. The third-order valence-electron chi connectivity index (χ3n) is 3.34. The van der Waals surface area contributed by atoms with Crippen LogP contribution < -0.4 is 0 Å². The lowest BCUT2D eigenvalue weighted by molar-refractivity contribution is -0.148. The first kappa shape index (κ1) is 17.5. The molecule has 2 heteroatoms. The third kappa shape index (κ3) is 10.6. The van der Waals surface area contributed by atoms with Crippen LogP contribution in [0.15, 0.2) is 0 Å². The van der Waals surface area contributed by atoms with Gasteiger partial charge < -0.3 is 4.74 Å². The number of rotatable bonds is 12. The van der Waals surface area contributed by atoms with E-state index in [0.717, 1.165) is 19.3 Å². The van der Waals surface area contributed by atoms with Crippen LogP contribution in [0, 0.1) is 5.92 Å². The summed E-state index contributed by atoms with van der Waals surface area (Å²) in [5.41, 5.74) is 0. The van der Waals surface area contributed by atoms with Crippen LogP contribution in [0.3, 0.4) is 0 Å². The van der Waals surface area contributed by atoms with Gasteiger partial charge in [0.2, 0.25) is 0 Å². The predicted octanol–water partition coefficient (Wildman–Crippen LogP) is 5.11. The Morgan fingerprint density at radius 2 is 1.44 bits per heavy atom. The number of unbranched alkanes of at least 4 members (excludes halogenated alkanes) is 7. The van der Waals surface area contributed by atoms with Gasteiger partial charge in [-0.1, -0.05) is 72.1 Å². The van der Waals surface area contributed by atoms with E-state index in [-0.39, 0.29) is 11.9 Å². The summed E-state index contributed by atoms with van der Waals surface area (Å²) in [6.07, 6.45) is 12.5. The maximum Gasteiger partial charge on any atom is 0.308 e. The lowest BCUT2D eigenvalue weighted by atomic mass is 10.0. The SMILES string of the molecule is CCCCCCCCCCC(C)C(=O)OCCC. The molecule has 0 spiro atoms. The zero-order valence-corrected chi connectivity index (χ0v) is 12.7. The minimum absolute atomic E-state index is 0.0141. The van der Waals surface area contributed by atoms with Crippen molar-refractivity contribution < 1.29 is 9.53 Å². The molecule has 0 saturated carbocycles. The van der Waals surface area contributed by atoms with E-state index in [0.29, 0.717) is 6.61 Å². The van der Waals surface area contributed by atoms with E-state index < -0.39 is 0 Å². The smallest absolute Gasteiger partial charge is 0.308 e. The second-order valence-electron chi connectivity index (χ2n) is 5.33. The quantitative estimate of drug-likeness (QED) is 0.358. The topological polar surface area (TPSA) is 26.3 Å². The van der Waals surface area contributed by atoms with Gasteiger partial charge in [0.25, 0.3) is 0 Å². The number of ether oxygens (including phenoxy) is 1. The monoisotopic (exact) mass is 256 g/mol. The van der Waals surface area contributed by atoms with E-state index in [1.54, 1.807) is 0 Å². The average Bonchev–Trinajstić information content (AvgIpc) is 2.38. The Morgan fingerprint density at radius 3 is 2.00 bits per heavy atom. The van der Waals surface area contributed by atoms with Crippen LogP contribution in [0.4, 0.5) is 0 Å². The van der Waals surface area contributed by atoms with E-state index in [4.69, 9.17) is 4.74 Å².